The van der Waals surface area contributed by atoms with Crippen LogP contribution in [0.15, 0.2) is 36.7 Å². The number of fused-ring (bicyclic) bond motifs is 1. The number of aromatic nitrogens is 4. The number of carbonyl (C=O) groups is 1. The lowest BCUT2D eigenvalue weighted by atomic mass is 10.1. The standard InChI is InChI=1S/C20H20N6O2/c1-20(8-9-20)26-13-22-16-17(26)24-19(25-18(16)28-11-5-10-21)23-15(27)12-14-6-3-2-4-7-14/h2-4,6-7,13H,5,8-9,11-12H2,1H3,(H,23,24,25,27). The van der Waals surface area contributed by atoms with E-state index in [9.17, 15) is 4.79 Å². The van der Waals surface area contributed by atoms with Crippen molar-refractivity contribution < 1.29 is 9.53 Å². The summed E-state index contributed by atoms with van der Waals surface area (Å²) in [5, 5.41) is 11.5. The molecule has 0 atom stereocenters. The lowest BCUT2D eigenvalue weighted by molar-refractivity contribution is -0.115. The first-order chi connectivity index (χ1) is 13.6. The number of nitrogens with zero attached hydrogens (tertiary/aromatic N) is 5. The minimum absolute atomic E-state index is 0.0155. The van der Waals surface area contributed by atoms with Gasteiger partial charge in [-0.1, -0.05) is 30.3 Å². The van der Waals surface area contributed by atoms with Crippen LogP contribution in [0.2, 0.25) is 0 Å². The van der Waals surface area contributed by atoms with Gasteiger partial charge in [-0.3, -0.25) is 10.1 Å². The first-order valence-electron chi connectivity index (χ1n) is 9.18. The van der Waals surface area contributed by atoms with Crippen LogP contribution in [-0.4, -0.2) is 32.0 Å². The molecule has 1 saturated carbocycles. The van der Waals surface area contributed by atoms with Crippen LogP contribution in [0.3, 0.4) is 0 Å². The number of rotatable bonds is 7. The zero-order valence-corrected chi connectivity index (χ0v) is 15.6. The Morgan fingerprint density at radius 1 is 1.32 bits per heavy atom. The number of ether oxygens (including phenoxy) is 1. The molecule has 0 aliphatic heterocycles. The summed E-state index contributed by atoms with van der Waals surface area (Å²) >= 11 is 0. The maximum atomic E-state index is 12.4. The summed E-state index contributed by atoms with van der Waals surface area (Å²) in [5.74, 6) is 0.238. The van der Waals surface area contributed by atoms with Gasteiger partial charge in [0.1, 0.15) is 6.61 Å². The molecule has 28 heavy (non-hydrogen) atoms. The minimum Gasteiger partial charge on any atom is -0.475 e. The molecule has 1 N–H and O–H groups in total. The van der Waals surface area contributed by atoms with Crippen molar-refractivity contribution in [2.75, 3.05) is 11.9 Å². The van der Waals surface area contributed by atoms with Crippen LogP contribution in [-0.2, 0) is 16.8 Å². The summed E-state index contributed by atoms with van der Waals surface area (Å²) in [6.45, 7) is 2.34. The number of nitriles is 1. The SMILES string of the molecule is CC1(n2cnc3c(OCCC#N)nc(NC(=O)Cc4ccccc4)nc32)CC1. The maximum Gasteiger partial charge on any atom is 0.247 e. The largest absolute Gasteiger partial charge is 0.475 e. The van der Waals surface area contributed by atoms with Gasteiger partial charge in [-0.2, -0.15) is 15.2 Å². The number of amides is 1. The number of carbonyl (C=O) groups excluding carboxylic acids is 1. The molecule has 8 nitrogen and oxygen atoms in total. The lowest BCUT2D eigenvalue weighted by Crippen LogP contribution is -2.18. The molecule has 2 heterocycles. The van der Waals surface area contributed by atoms with Crippen molar-refractivity contribution in [2.45, 2.75) is 38.1 Å². The molecule has 2 aromatic heterocycles. The molecule has 1 amide bonds. The van der Waals surface area contributed by atoms with Crippen LogP contribution in [0.1, 0.15) is 31.7 Å². The van der Waals surface area contributed by atoms with Crippen molar-refractivity contribution in [3.8, 4) is 11.9 Å². The monoisotopic (exact) mass is 376 g/mol. The van der Waals surface area contributed by atoms with E-state index in [1.54, 1.807) is 6.33 Å². The summed E-state index contributed by atoms with van der Waals surface area (Å²) < 4.78 is 7.65. The maximum absolute atomic E-state index is 12.4. The van der Waals surface area contributed by atoms with Gasteiger partial charge in [0.05, 0.1) is 25.2 Å². The Bertz CT molecular complexity index is 1050. The average Bonchev–Trinajstić information content (AvgIpc) is 3.27. The molecule has 142 valence electrons. The van der Waals surface area contributed by atoms with Gasteiger partial charge in [-0.15, -0.1) is 0 Å². The molecule has 0 unspecified atom stereocenters. The zero-order valence-electron chi connectivity index (χ0n) is 15.6. The molecule has 0 radical (unpaired) electrons. The number of benzene rings is 1. The van der Waals surface area contributed by atoms with Gasteiger partial charge in [-0.25, -0.2) is 4.98 Å². The number of hydrogen-bond donors (Lipinski definition) is 1. The Kier molecular flexibility index (Phi) is 4.65. The van der Waals surface area contributed by atoms with Gasteiger partial charge in [-0.05, 0) is 25.3 Å². The molecule has 3 aromatic rings. The van der Waals surface area contributed by atoms with E-state index in [1.165, 1.54) is 0 Å². The van der Waals surface area contributed by atoms with Crippen LogP contribution in [0.5, 0.6) is 5.88 Å². The third-order valence-corrected chi connectivity index (χ3v) is 4.83. The van der Waals surface area contributed by atoms with Crippen molar-refractivity contribution in [3.63, 3.8) is 0 Å². The quantitative estimate of drug-likeness (QED) is 0.636. The zero-order chi connectivity index (χ0) is 19.6. The Balaban J connectivity index is 1.63. The highest BCUT2D eigenvalue weighted by Gasteiger charge is 2.41. The van der Waals surface area contributed by atoms with E-state index in [-0.39, 0.29) is 42.7 Å². The molecule has 1 aromatic carbocycles. The highest BCUT2D eigenvalue weighted by molar-refractivity contribution is 5.91. The van der Waals surface area contributed by atoms with Crippen LogP contribution >= 0.6 is 0 Å². The molecule has 0 saturated heterocycles. The third-order valence-electron chi connectivity index (χ3n) is 4.83. The number of hydrogen-bond acceptors (Lipinski definition) is 6. The fourth-order valence-corrected chi connectivity index (χ4v) is 2.99. The van der Waals surface area contributed by atoms with Crippen LogP contribution < -0.4 is 10.1 Å². The molecular formula is C20H20N6O2. The van der Waals surface area contributed by atoms with E-state index in [2.05, 4.69) is 27.2 Å². The van der Waals surface area contributed by atoms with Crippen LogP contribution in [0, 0.1) is 11.3 Å². The molecular weight excluding hydrogens is 356 g/mol. The van der Waals surface area contributed by atoms with E-state index < -0.39 is 0 Å². The minimum atomic E-state index is -0.211. The van der Waals surface area contributed by atoms with Gasteiger partial charge in [0.25, 0.3) is 0 Å². The smallest absolute Gasteiger partial charge is 0.247 e. The van der Waals surface area contributed by atoms with E-state index in [1.807, 2.05) is 41.0 Å². The highest BCUT2D eigenvalue weighted by atomic mass is 16.5. The summed E-state index contributed by atoms with van der Waals surface area (Å²) in [7, 11) is 0. The molecule has 1 aliphatic rings. The summed E-state index contributed by atoms with van der Waals surface area (Å²) in [5.41, 5.74) is 2.05. The Hall–Kier alpha value is -3.47. The second-order valence-corrected chi connectivity index (χ2v) is 7.10. The van der Waals surface area contributed by atoms with Gasteiger partial charge in [0, 0.05) is 5.54 Å². The lowest BCUT2D eigenvalue weighted by Gasteiger charge is -2.12. The molecule has 4 rings (SSSR count). The Morgan fingerprint density at radius 3 is 2.82 bits per heavy atom. The normalized spacial score (nSPS) is 14.4. The number of anilines is 1. The molecule has 1 fully saturated rings. The summed E-state index contributed by atoms with van der Waals surface area (Å²) in [4.78, 5) is 25.7. The van der Waals surface area contributed by atoms with E-state index in [4.69, 9.17) is 10.00 Å². The third kappa shape index (κ3) is 3.64. The van der Waals surface area contributed by atoms with Gasteiger partial charge >= 0.3 is 0 Å². The highest BCUT2D eigenvalue weighted by Crippen LogP contribution is 2.44. The molecule has 8 heteroatoms. The van der Waals surface area contributed by atoms with Crippen LogP contribution in [0.25, 0.3) is 11.2 Å². The fraction of sp³-hybridized carbons (Fsp3) is 0.350. The predicted molar refractivity (Wildman–Crippen MR) is 103 cm³/mol. The van der Waals surface area contributed by atoms with E-state index in [0.717, 1.165) is 18.4 Å². The Morgan fingerprint density at radius 2 is 2.11 bits per heavy atom. The number of nitrogens with one attached hydrogen (secondary N) is 1. The van der Waals surface area contributed by atoms with Crippen LogP contribution in [0.4, 0.5) is 5.95 Å². The topological polar surface area (TPSA) is 106 Å². The van der Waals surface area contributed by atoms with Crippen molar-refractivity contribution in [1.82, 2.24) is 19.5 Å². The molecule has 1 aliphatic carbocycles. The van der Waals surface area contributed by atoms with Gasteiger partial charge in [0.2, 0.25) is 17.7 Å². The first kappa shape index (κ1) is 17.9. The van der Waals surface area contributed by atoms with Crippen molar-refractivity contribution in [3.05, 3.63) is 42.2 Å². The summed E-state index contributed by atoms with van der Waals surface area (Å²) in [6, 6.07) is 11.5. The van der Waals surface area contributed by atoms with E-state index >= 15 is 0 Å². The van der Waals surface area contributed by atoms with Crippen molar-refractivity contribution >= 4 is 23.0 Å². The van der Waals surface area contributed by atoms with Gasteiger partial charge in [0.15, 0.2) is 11.2 Å². The predicted octanol–water partition coefficient (Wildman–Crippen LogP) is 2.81. The van der Waals surface area contributed by atoms with E-state index in [0.29, 0.717) is 11.2 Å². The Labute approximate surface area is 162 Å². The first-order valence-corrected chi connectivity index (χ1v) is 9.18. The fourth-order valence-electron chi connectivity index (χ4n) is 2.99. The van der Waals surface area contributed by atoms with Gasteiger partial charge < -0.3 is 9.30 Å². The second kappa shape index (κ2) is 7.27. The second-order valence-electron chi connectivity index (χ2n) is 7.10. The molecule has 0 bridgehead atoms. The molecule has 0 spiro atoms. The number of imidazole rings is 1. The van der Waals surface area contributed by atoms with Crippen molar-refractivity contribution in [1.29, 1.82) is 5.26 Å². The van der Waals surface area contributed by atoms with Crippen molar-refractivity contribution in [2.24, 2.45) is 0 Å². The summed E-state index contributed by atoms with van der Waals surface area (Å²) in [6.07, 6.45) is 4.29. The average molecular weight is 376 g/mol.